The second kappa shape index (κ2) is 8.07. The second-order valence-corrected chi connectivity index (χ2v) is 5.35. The van der Waals surface area contributed by atoms with Crippen molar-refractivity contribution in [1.29, 1.82) is 0 Å². The van der Waals surface area contributed by atoms with Crippen molar-refractivity contribution in [2.45, 2.75) is 44.6 Å². The molecule has 1 aliphatic carbocycles. The summed E-state index contributed by atoms with van der Waals surface area (Å²) in [5.41, 5.74) is 0. The van der Waals surface area contributed by atoms with E-state index in [-0.39, 0.29) is 11.9 Å². The summed E-state index contributed by atoms with van der Waals surface area (Å²) in [5, 5.41) is 3.95. The summed E-state index contributed by atoms with van der Waals surface area (Å²) >= 11 is 3.39. The minimum Gasteiger partial charge on any atom is -0.383 e. The Labute approximate surface area is 106 Å². The van der Waals surface area contributed by atoms with Gasteiger partial charge in [0.2, 0.25) is 5.91 Å². The third kappa shape index (κ3) is 5.30. The van der Waals surface area contributed by atoms with Crippen molar-refractivity contribution in [3.8, 4) is 0 Å². The molecule has 0 aromatic heterocycles. The van der Waals surface area contributed by atoms with Crippen LogP contribution in [0.2, 0.25) is 0 Å². The minimum absolute atomic E-state index is 0.151. The molecule has 1 aliphatic rings. The van der Waals surface area contributed by atoms with Crippen molar-refractivity contribution in [3.05, 3.63) is 0 Å². The molecule has 1 atom stereocenters. The van der Waals surface area contributed by atoms with Crippen LogP contribution in [0, 0.1) is 5.92 Å². The van der Waals surface area contributed by atoms with E-state index in [1.165, 1.54) is 25.7 Å². The van der Waals surface area contributed by atoms with Gasteiger partial charge in [0.1, 0.15) is 0 Å². The number of amides is 1. The van der Waals surface area contributed by atoms with E-state index in [0.29, 0.717) is 18.9 Å². The van der Waals surface area contributed by atoms with E-state index in [2.05, 4.69) is 21.2 Å². The Morgan fingerprint density at radius 2 is 2.19 bits per heavy atom. The average molecular weight is 292 g/mol. The molecule has 1 rings (SSSR count). The van der Waals surface area contributed by atoms with E-state index in [1.807, 2.05) is 0 Å². The SMILES string of the molecule is COCC(CCBr)NC(=O)CC1CCCC1. The first-order chi connectivity index (χ1) is 7.76. The van der Waals surface area contributed by atoms with Crippen LogP contribution in [0.3, 0.4) is 0 Å². The summed E-state index contributed by atoms with van der Waals surface area (Å²) in [6.45, 7) is 0.599. The largest absolute Gasteiger partial charge is 0.383 e. The van der Waals surface area contributed by atoms with Crippen LogP contribution in [0.1, 0.15) is 38.5 Å². The van der Waals surface area contributed by atoms with Crippen molar-refractivity contribution in [1.82, 2.24) is 5.32 Å². The number of hydrogen-bond acceptors (Lipinski definition) is 2. The van der Waals surface area contributed by atoms with Gasteiger partial charge in [-0.2, -0.15) is 0 Å². The van der Waals surface area contributed by atoms with Crippen molar-refractivity contribution < 1.29 is 9.53 Å². The van der Waals surface area contributed by atoms with Gasteiger partial charge in [-0.3, -0.25) is 4.79 Å². The van der Waals surface area contributed by atoms with Crippen LogP contribution in [0.15, 0.2) is 0 Å². The highest BCUT2D eigenvalue weighted by Gasteiger charge is 2.20. The van der Waals surface area contributed by atoms with Gasteiger partial charge in [-0.25, -0.2) is 0 Å². The lowest BCUT2D eigenvalue weighted by atomic mass is 10.0. The molecule has 0 spiro atoms. The molecule has 0 saturated heterocycles. The zero-order chi connectivity index (χ0) is 11.8. The van der Waals surface area contributed by atoms with Crippen LogP contribution >= 0.6 is 15.9 Å². The standard InChI is InChI=1S/C12H22BrNO2/c1-16-9-11(6-7-13)14-12(15)8-10-4-2-3-5-10/h10-11H,2-9H2,1H3,(H,14,15). The maximum Gasteiger partial charge on any atom is 0.220 e. The Kier molecular flexibility index (Phi) is 7.05. The third-order valence-electron chi connectivity index (χ3n) is 3.14. The van der Waals surface area contributed by atoms with Gasteiger partial charge in [0.15, 0.2) is 0 Å². The van der Waals surface area contributed by atoms with Crippen LogP contribution in [0.25, 0.3) is 0 Å². The van der Waals surface area contributed by atoms with Crippen molar-refractivity contribution in [2.24, 2.45) is 5.92 Å². The van der Waals surface area contributed by atoms with Crippen LogP contribution in [0.5, 0.6) is 0 Å². The van der Waals surface area contributed by atoms with Crippen LogP contribution < -0.4 is 5.32 Å². The first-order valence-electron chi connectivity index (χ1n) is 6.10. The van der Waals surface area contributed by atoms with E-state index in [1.54, 1.807) is 7.11 Å². The summed E-state index contributed by atoms with van der Waals surface area (Å²) < 4.78 is 5.09. The fraction of sp³-hybridized carbons (Fsp3) is 0.917. The summed E-state index contributed by atoms with van der Waals surface area (Å²) in [7, 11) is 1.67. The lowest BCUT2D eigenvalue weighted by molar-refractivity contribution is -0.123. The number of ether oxygens (including phenoxy) is 1. The van der Waals surface area contributed by atoms with Crippen molar-refractivity contribution in [2.75, 3.05) is 19.0 Å². The monoisotopic (exact) mass is 291 g/mol. The zero-order valence-electron chi connectivity index (χ0n) is 10.0. The molecule has 0 heterocycles. The van der Waals surface area contributed by atoms with E-state index in [0.717, 1.165) is 11.8 Å². The van der Waals surface area contributed by atoms with Gasteiger partial charge in [-0.15, -0.1) is 0 Å². The molecule has 3 nitrogen and oxygen atoms in total. The maximum atomic E-state index is 11.8. The fourth-order valence-electron chi connectivity index (χ4n) is 2.29. The van der Waals surface area contributed by atoms with Crippen LogP contribution in [-0.4, -0.2) is 31.0 Å². The number of methoxy groups -OCH3 is 1. The Bertz CT molecular complexity index is 199. The number of hydrogen-bond donors (Lipinski definition) is 1. The number of alkyl halides is 1. The molecular weight excluding hydrogens is 270 g/mol. The highest BCUT2D eigenvalue weighted by Crippen LogP contribution is 2.27. The smallest absolute Gasteiger partial charge is 0.220 e. The van der Waals surface area contributed by atoms with Gasteiger partial charge < -0.3 is 10.1 Å². The number of carbonyl (C=O) groups is 1. The Hall–Kier alpha value is -0.0900. The lowest BCUT2D eigenvalue weighted by Crippen LogP contribution is -2.38. The van der Waals surface area contributed by atoms with E-state index >= 15 is 0 Å². The lowest BCUT2D eigenvalue weighted by Gasteiger charge is -2.18. The Morgan fingerprint density at radius 1 is 1.50 bits per heavy atom. The normalized spacial score (nSPS) is 18.6. The molecule has 1 fully saturated rings. The number of rotatable bonds is 7. The molecule has 94 valence electrons. The second-order valence-electron chi connectivity index (χ2n) is 4.55. The highest BCUT2D eigenvalue weighted by molar-refractivity contribution is 9.09. The Morgan fingerprint density at radius 3 is 2.75 bits per heavy atom. The molecule has 1 amide bonds. The van der Waals surface area contributed by atoms with E-state index in [4.69, 9.17) is 4.74 Å². The van der Waals surface area contributed by atoms with Gasteiger partial charge in [-0.05, 0) is 25.2 Å². The quantitative estimate of drug-likeness (QED) is 0.732. The van der Waals surface area contributed by atoms with Gasteiger partial charge in [0, 0.05) is 18.9 Å². The highest BCUT2D eigenvalue weighted by atomic mass is 79.9. The molecule has 0 aromatic rings. The molecule has 16 heavy (non-hydrogen) atoms. The Balaban J connectivity index is 2.23. The van der Waals surface area contributed by atoms with Gasteiger partial charge in [0.25, 0.3) is 0 Å². The molecule has 1 N–H and O–H groups in total. The molecule has 1 unspecified atom stereocenters. The number of nitrogens with one attached hydrogen (secondary N) is 1. The molecule has 1 saturated carbocycles. The molecule has 0 radical (unpaired) electrons. The minimum atomic E-state index is 0.151. The van der Waals surface area contributed by atoms with Gasteiger partial charge in [-0.1, -0.05) is 28.8 Å². The zero-order valence-corrected chi connectivity index (χ0v) is 11.6. The summed E-state index contributed by atoms with van der Waals surface area (Å²) in [6, 6.07) is 0.151. The third-order valence-corrected chi connectivity index (χ3v) is 3.60. The van der Waals surface area contributed by atoms with Gasteiger partial charge in [0.05, 0.1) is 12.6 Å². The topological polar surface area (TPSA) is 38.3 Å². The molecule has 0 bridgehead atoms. The predicted octanol–water partition coefficient (Wildman–Crippen LogP) is 2.48. The van der Waals surface area contributed by atoms with Gasteiger partial charge >= 0.3 is 0 Å². The first-order valence-corrected chi connectivity index (χ1v) is 7.22. The van der Waals surface area contributed by atoms with E-state index < -0.39 is 0 Å². The summed E-state index contributed by atoms with van der Waals surface area (Å²) in [5.74, 6) is 0.807. The summed E-state index contributed by atoms with van der Waals surface area (Å²) in [4.78, 5) is 11.8. The van der Waals surface area contributed by atoms with Crippen molar-refractivity contribution >= 4 is 21.8 Å². The number of halogens is 1. The van der Waals surface area contributed by atoms with Crippen LogP contribution in [-0.2, 0) is 9.53 Å². The maximum absolute atomic E-state index is 11.8. The first kappa shape index (κ1) is 14.0. The van der Waals surface area contributed by atoms with Crippen LogP contribution in [0.4, 0.5) is 0 Å². The van der Waals surface area contributed by atoms with Crippen molar-refractivity contribution in [3.63, 3.8) is 0 Å². The fourth-order valence-corrected chi connectivity index (χ4v) is 2.85. The average Bonchev–Trinajstić information content (AvgIpc) is 2.71. The molecular formula is C12H22BrNO2. The summed E-state index contributed by atoms with van der Waals surface area (Å²) in [6.07, 6.45) is 6.65. The number of carbonyl (C=O) groups excluding carboxylic acids is 1. The molecule has 4 heteroatoms. The van der Waals surface area contributed by atoms with E-state index in [9.17, 15) is 4.79 Å². The molecule has 0 aliphatic heterocycles. The molecule has 0 aromatic carbocycles. The predicted molar refractivity (Wildman–Crippen MR) is 68.8 cm³/mol.